The molecule has 1 unspecified atom stereocenters. The summed E-state index contributed by atoms with van der Waals surface area (Å²) in [6.07, 6.45) is 0.651. The Bertz CT molecular complexity index is 472. The van der Waals surface area contributed by atoms with E-state index in [-0.39, 0.29) is 5.91 Å². The summed E-state index contributed by atoms with van der Waals surface area (Å²) in [6, 6.07) is 3.05. The van der Waals surface area contributed by atoms with Gasteiger partial charge < -0.3 is 20.5 Å². The minimum Gasteiger partial charge on any atom is -0.493 e. The van der Waals surface area contributed by atoms with Crippen LogP contribution in [0.25, 0.3) is 0 Å². The van der Waals surface area contributed by atoms with Crippen molar-refractivity contribution in [3.63, 3.8) is 0 Å². The third-order valence-electron chi connectivity index (χ3n) is 3.05. The van der Waals surface area contributed by atoms with E-state index < -0.39 is 6.04 Å². The second-order valence-corrected chi connectivity index (χ2v) is 5.25. The van der Waals surface area contributed by atoms with Crippen molar-refractivity contribution in [1.82, 2.24) is 0 Å². The van der Waals surface area contributed by atoms with Crippen LogP contribution in [-0.2, 0) is 4.79 Å². The highest BCUT2D eigenvalue weighted by molar-refractivity contribution is 5.95. The summed E-state index contributed by atoms with van der Waals surface area (Å²) in [5.74, 6) is 1.40. The van der Waals surface area contributed by atoms with Crippen LogP contribution >= 0.6 is 0 Å². The Balaban J connectivity index is 2.89. The van der Waals surface area contributed by atoms with E-state index in [1.54, 1.807) is 20.3 Å². The zero-order valence-electron chi connectivity index (χ0n) is 12.8. The molecule has 0 saturated carbocycles. The van der Waals surface area contributed by atoms with Crippen molar-refractivity contribution < 1.29 is 14.3 Å². The number of nitrogens with two attached hydrogens (primary N) is 1. The van der Waals surface area contributed by atoms with E-state index in [0.717, 1.165) is 5.56 Å². The third kappa shape index (κ3) is 4.13. The largest absolute Gasteiger partial charge is 0.493 e. The van der Waals surface area contributed by atoms with Gasteiger partial charge in [0.15, 0.2) is 11.5 Å². The fraction of sp³-hybridized carbons (Fsp3) is 0.533. The van der Waals surface area contributed by atoms with Crippen molar-refractivity contribution in [1.29, 1.82) is 0 Å². The van der Waals surface area contributed by atoms with Crippen LogP contribution in [0.15, 0.2) is 12.1 Å². The lowest BCUT2D eigenvalue weighted by Crippen LogP contribution is -2.36. The number of aryl methyl sites for hydroxylation is 1. The lowest BCUT2D eigenvalue weighted by atomic mass is 10.0. The molecule has 112 valence electrons. The van der Waals surface area contributed by atoms with Gasteiger partial charge in [-0.1, -0.05) is 13.8 Å². The van der Waals surface area contributed by atoms with E-state index in [9.17, 15) is 4.79 Å². The first-order valence-corrected chi connectivity index (χ1v) is 6.68. The van der Waals surface area contributed by atoms with Crippen LogP contribution in [0.1, 0.15) is 25.8 Å². The SMILES string of the molecule is COc1cc(C)c(NC(=O)C(N)CC(C)C)cc1OC. The van der Waals surface area contributed by atoms with Gasteiger partial charge in [-0.25, -0.2) is 0 Å². The Kier molecular flexibility index (Phi) is 5.82. The molecule has 3 N–H and O–H groups in total. The molecule has 1 aromatic rings. The quantitative estimate of drug-likeness (QED) is 0.838. The number of benzene rings is 1. The summed E-state index contributed by atoms with van der Waals surface area (Å²) < 4.78 is 10.4. The molecule has 1 amide bonds. The number of methoxy groups -OCH3 is 2. The minimum atomic E-state index is -0.512. The van der Waals surface area contributed by atoms with Gasteiger partial charge >= 0.3 is 0 Å². The Morgan fingerprint density at radius 2 is 1.80 bits per heavy atom. The zero-order chi connectivity index (χ0) is 15.3. The fourth-order valence-corrected chi connectivity index (χ4v) is 1.96. The second kappa shape index (κ2) is 7.14. The van der Waals surface area contributed by atoms with E-state index in [2.05, 4.69) is 5.32 Å². The molecule has 0 aliphatic carbocycles. The molecule has 1 atom stereocenters. The summed E-state index contributed by atoms with van der Waals surface area (Å²) in [5, 5.41) is 2.84. The van der Waals surface area contributed by atoms with Gasteiger partial charge in [0.25, 0.3) is 0 Å². The average molecular weight is 280 g/mol. The van der Waals surface area contributed by atoms with Crippen molar-refractivity contribution in [3.05, 3.63) is 17.7 Å². The Labute approximate surface area is 120 Å². The number of carbonyl (C=O) groups excluding carboxylic acids is 1. The fourth-order valence-electron chi connectivity index (χ4n) is 1.96. The first-order chi connectivity index (χ1) is 9.38. The molecule has 5 heteroatoms. The number of anilines is 1. The summed E-state index contributed by atoms with van der Waals surface area (Å²) in [4.78, 5) is 12.0. The molecule has 0 aliphatic rings. The predicted octanol–water partition coefficient (Wildman–Crippen LogP) is 2.32. The Morgan fingerprint density at radius 1 is 1.25 bits per heavy atom. The molecule has 0 aliphatic heterocycles. The number of nitrogens with one attached hydrogen (secondary N) is 1. The number of ether oxygens (including phenoxy) is 2. The van der Waals surface area contributed by atoms with E-state index in [4.69, 9.17) is 15.2 Å². The highest BCUT2D eigenvalue weighted by Gasteiger charge is 2.17. The number of carbonyl (C=O) groups is 1. The maximum absolute atomic E-state index is 12.0. The zero-order valence-corrected chi connectivity index (χ0v) is 12.8. The molecule has 0 saturated heterocycles. The van der Waals surface area contributed by atoms with Crippen LogP contribution < -0.4 is 20.5 Å². The van der Waals surface area contributed by atoms with E-state index >= 15 is 0 Å². The first kappa shape index (κ1) is 16.3. The molecule has 0 aromatic heterocycles. The topological polar surface area (TPSA) is 73.6 Å². The van der Waals surface area contributed by atoms with Gasteiger partial charge in [-0.05, 0) is 30.9 Å². The lowest BCUT2D eigenvalue weighted by molar-refractivity contribution is -0.117. The average Bonchev–Trinajstić information content (AvgIpc) is 2.39. The summed E-state index contributed by atoms with van der Waals surface area (Å²) in [6.45, 7) is 5.97. The molecule has 5 nitrogen and oxygen atoms in total. The number of hydrogen-bond donors (Lipinski definition) is 2. The molecule has 1 aromatic carbocycles. The van der Waals surface area contributed by atoms with E-state index in [1.807, 2.05) is 26.8 Å². The summed E-state index contributed by atoms with van der Waals surface area (Å²) in [5.41, 5.74) is 7.46. The molecular formula is C15H24N2O3. The molecule has 0 bridgehead atoms. The van der Waals surface area contributed by atoms with Gasteiger partial charge in [0.1, 0.15) is 0 Å². The van der Waals surface area contributed by atoms with Crippen LogP contribution in [0.5, 0.6) is 11.5 Å². The van der Waals surface area contributed by atoms with Crippen LogP contribution in [0.2, 0.25) is 0 Å². The van der Waals surface area contributed by atoms with Gasteiger partial charge in [0.05, 0.1) is 20.3 Å². The van der Waals surface area contributed by atoms with Crippen molar-refractivity contribution >= 4 is 11.6 Å². The van der Waals surface area contributed by atoms with Gasteiger partial charge in [-0.15, -0.1) is 0 Å². The monoisotopic (exact) mass is 280 g/mol. The van der Waals surface area contributed by atoms with E-state index in [1.165, 1.54) is 0 Å². The molecule has 20 heavy (non-hydrogen) atoms. The van der Waals surface area contributed by atoms with Crippen LogP contribution in [-0.4, -0.2) is 26.2 Å². The normalized spacial score (nSPS) is 12.2. The van der Waals surface area contributed by atoms with Crippen molar-refractivity contribution in [2.45, 2.75) is 33.2 Å². The van der Waals surface area contributed by atoms with Gasteiger partial charge in [-0.3, -0.25) is 4.79 Å². The standard InChI is InChI=1S/C15H24N2O3/c1-9(2)6-11(16)15(18)17-12-8-14(20-5)13(19-4)7-10(12)3/h7-9,11H,6,16H2,1-5H3,(H,17,18). The van der Waals surface area contributed by atoms with Crippen molar-refractivity contribution in [2.75, 3.05) is 19.5 Å². The van der Waals surface area contributed by atoms with Crippen molar-refractivity contribution in [2.24, 2.45) is 11.7 Å². The third-order valence-corrected chi connectivity index (χ3v) is 3.05. The first-order valence-electron chi connectivity index (χ1n) is 6.68. The van der Waals surface area contributed by atoms with Gasteiger partial charge in [-0.2, -0.15) is 0 Å². The molecule has 0 radical (unpaired) electrons. The van der Waals surface area contributed by atoms with E-state index in [0.29, 0.717) is 29.5 Å². The van der Waals surface area contributed by atoms with Gasteiger partial charge in [0, 0.05) is 11.8 Å². The van der Waals surface area contributed by atoms with Crippen LogP contribution in [0.3, 0.4) is 0 Å². The highest BCUT2D eigenvalue weighted by Crippen LogP contribution is 2.32. The smallest absolute Gasteiger partial charge is 0.241 e. The number of hydrogen-bond acceptors (Lipinski definition) is 4. The second-order valence-electron chi connectivity index (χ2n) is 5.25. The van der Waals surface area contributed by atoms with Crippen LogP contribution in [0.4, 0.5) is 5.69 Å². The molecule has 0 spiro atoms. The molecule has 0 heterocycles. The Hall–Kier alpha value is -1.75. The molecule has 1 rings (SSSR count). The number of rotatable bonds is 6. The molecule has 0 fully saturated rings. The highest BCUT2D eigenvalue weighted by atomic mass is 16.5. The predicted molar refractivity (Wildman–Crippen MR) is 80.3 cm³/mol. The van der Waals surface area contributed by atoms with Gasteiger partial charge in [0.2, 0.25) is 5.91 Å². The maximum atomic E-state index is 12.0. The maximum Gasteiger partial charge on any atom is 0.241 e. The minimum absolute atomic E-state index is 0.186. The van der Waals surface area contributed by atoms with Crippen LogP contribution in [0, 0.1) is 12.8 Å². The van der Waals surface area contributed by atoms with Crippen molar-refractivity contribution in [3.8, 4) is 11.5 Å². The Morgan fingerprint density at radius 3 is 2.30 bits per heavy atom. The number of amides is 1. The summed E-state index contributed by atoms with van der Waals surface area (Å²) in [7, 11) is 3.14. The summed E-state index contributed by atoms with van der Waals surface area (Å²) >= 11 is 0. The lowest BCUT2D eigenvalue weighted by Gasteiger charge is -2.17. The molecular weight excluding hydrogens is 256 g/mol.